The van der Waals surface area contributed by atoms with Gasteiger partial charge in [0, 0.05) is 24.2 Å². The van der Waals surface area contributed by atoms with Crippen molar-refractivity contribution in [2.75, 3.05) is 19.7 Å². The summed E-state index contributed by atoms with van der Waals surface area (Å²) in [6, 6.07) is 3.84. The fourth-order valence-electron chi connectivity index (χ4n) is 2.79. The molecule has 27 heavy (non-hydrogen) atoms. The summed E-state index contributed by atoms with van der Waals surface area (Å²) in [5, 5.41) is 3.08. The molecule has 0 aromatic heterocycles. The van der Waals surface area contributed by atoms with Crippen molar-refractivity contribution >= 4 is 19.3 Å². The van der Waals surface area contributed by atoms with Crippen molar-refractivity contribution in [1.82, 2.24) is 24.8 Å². The van der Waals surface area contributed by atoms with Crippen molar-refractivity contribution in [2.45, 2.75) is 20.4 Å². The molecular weight excluding hydrogens is 373 g/mol. The summed E-state index contributed by atoms with van der Waals surface area (Å²) in [6.07, 6.45) is 0. The Morgan fingerprint density at radius 3 is 2.70 bits per heavy atom. The molecule has 1 aromatic rings. The van der Waals surface area contributed by atoms with Crippen molar-refractivity contribution in [2.24, 2.45) is 0 Å². The Bertz CT molecular complexity index is 1090. The quantitative estimate of drug-likeness (QED) is 0.299. The molecule has 0 fully saturated rings. The van der Waals surface area contributed by atoms with Gasteiger partial charge in [-0.05, 0) is 37.1 Å². The summed E-state index contributed by atoms with van der Waals surface area (Å²) in [5.41, 5.74) is 2.30. The van der Waals surface area contributed by atoms with Crippen LogP contribution in [-0.4, -0.2) is 44.1 Å². The maximum Gasteiger partial charge on any atom is 0.694 e. The Labute approximate surface area is 154 Å². The van der Waals surface area contributed by atoms with Crippen molar-refractivity contribution < 1.29 is 14.0 Å². The van der Waals surface area contributed by atoms with E-state index in [0.717, 1.165) is 16.6 Å². The minimum atomic E-state index is -2.61. The van der Waals surface area contributed by atoms with E-state index in [0.29, 0.717) is 25.2 Å². The number of hydrogen-bond acceptors (Lipinski definition) is 7. The second kappa shape index (κ2) is 8.01. The number of nitrogens with zero attached hydrogens (tertiary/aromatic N) is 3. The van der Waals surface area contributed by atoms with Crippen molar-refractivity contribution in [3.63, 3.8) is 0 Å². The number of benzene rings is 1. The third-order valence-corrected chi connectivity index (χ3v) is 4.62. The van der Waals surface area contributed by atoms with Crippen LogP contribution in [0.4, 0.5) is 0 Å². The lowest BCUT2D eigenvalue weighted by Crippen LogP contribution is -2.30. The molecule has 10 nitrogen and oxygen atoms in total. The molecular formula is C16H19N5O5P+. The molecule has 2 aliphatic rings. The molecule has 0 amide bonds. The van der Waals surface area contributed by atoms with Gasteiger partial charge >= 0.3 is 13.9 Å². The standard InChI is InChI=1S/C16H18N5O5P/c1-9-7-11-12(8-10(9)2)21(5-3-17-4-6-26-27(24)25)14-13(18-11)15(22)20-16(23)19-14/h7-8,17H,3-6H2,1-2H3,(H-,20,22,23,24,25)/p+1. The molecule has 0 bridgehead atoms. The van der Waals surface area contributed by atoms with Crippen LogP contribution in [0.25, 0.3) is 22.6 Å². The van der Waals surface area contributed by atoms with E-state index >= 15 is 0 Å². The summed E-state index contributed by atoms with van der Waals surface area (Å²) in [4.78, 5) is 43.0. The van der Waals surface area contributed by atoms with E-state index in [1.807, 2.05) is 26.0 Å². The Balaban J connectivity index is 1.99. The van der Waals surface area contributed by atoms with Crippen molar-refractivity contribution in [3.05, 3.63) is 44.1 Å². The van der Waals surface area contributed by atoms with E-state index < -0.39 is 19.5 Å². The normalized spacial score (nSPS) is 12.0. The average molecular weight is 392 g/mol. The highest BCUT2D eigenvalue weighted by molar-refractivity contribution is 7.32. The minimum Gasteiger partial charge on any atom is -0.321 e. The first-order valence-corrected chi connectivity index (χ1v) is 9.41. The SMILES string of the molecule is Cc1cc2nc3c(=O)[nH]c(=O)nc-3n(CCNCCO[P+](=O)O)c2cc1C. The molecule has 0 aliphatic carbocycles. The summed E-state index contributed by atoms with van der Waals surface area (Å²) in [6.45, 7) is 5.29. The van der Waals surface area contributed by atoms with Gasteiger partial charge in [0.2, 0.25) is 0 Å². The zero-order valence-electron chi connectivity index (χ0n) is 14.9. The molecule has 11 heteroatoms. The van der Waals surface area contributed by atoms with Gasteiger partial charge in [0.05, 0.1) is 11.0 Å². The Hall–Kier alpha value is -2.52. The number of aromatic nitrogens is 4. The second-order valence-corrected chi connectivity index (χ2v) is 6.79. The third kappa shape index (κ3) is 4.25. The van der Waals surface area contributed by atoms with E-state index in [-0.39, 0.29) is 18.1 Å². The highest BCUT2D eigenvalue weighted by Crippen LogP contribution is 2.23. The highest BCUT2D eigenvalue weighted by Gasteiger charge is 2.19. The number of hydrogen-bond donors (Lipinski definition) is 3. The largest absolute Gasteiger partial charge is 0.694 e. The highest BCUT2D eigenvalue weighted by atomic mass is 31.1. The molecule has 3 N–H and O–H groups in total. The summed E-state index contributed by atoms with van der Waals surface area (Å²) >= 11 is 0. The second-order valence-electron chi connectivity index (χ2n) is 6.05. The molecule has 0 radical (unpaired) electrons. The summed E-state index contributed by atoms with van der Waals surface area (Å²) in [7, 11) is -2.61. The van der Waals surface area contributed by atoms with Gasteiger partial charge in [0.15, 0.2) is 11.5 Å². The van der Waals surface area contributed by atoms with Crippen LogP contribution >= 0.6 is 8.25 Å². The number of nitrogens with one attached hydrogen (secondary N) is 2. The average Bonchev–Trinajstić information content (AvgIpc) is 2.59. The number of rotatable bonds is 7. The smallest absolute Gasteiger partial charge is 0.321 e. The van der Waals surface area contributed by atoms with Crippen LogP contribution in [0.15, 0.2) is 21.7 Å². The maximum atomic E-state index is 12.2. The summed E-state index contributed by atoms with van der Waals surface area (Å²) < 4.78 is 16.8. The molecule has 0 spiro atoms. The first-order chi connectivity index (χ1) is 12.9. The minimum absolute atomic E-state index is 0.0924. The van der Waals surface area contributed by atoms with Gasteiger partial charge in [0.1, 0.15) is 6.61 Å². The fourth-order valence-corrected chi connectivity index (χ4v) is 3.04. The molecule has 0 saturated heterocycles. The predicted octanol–water partition coefficient (Wildman–Crippen LogP) is 0.457. The van der Waals surface area contributed by atoms with Crippen LogP contribution in [0.5, 0.6) is 0 Å². The first-order valence-electron chi connectivity index (χ1n) is 8.28. The Morgan fingerprint density at radius 1 is 1.22 bits per heavy atom. The van der Waals surface area contributed by atoms with E-state index in [4.69, 9.17) is 4.89 Å². The van der Waals surface area contributed by atoms with Crippen LogP contribution in [0, 0.1) is 13.8 Å². The third-order valence-electron chi connectivity index (χ3n) is 4.22. The monoisotopic (exact) mass is 392 g/mol. The zero-order valence-corrected chi connectivity index (χ0v) is 15.7. The van der Waals surface area contributed by atoms with Gasteiger partial charge in [-0.15, -0.1) is 9.42 Å². The molecule has 2 heterocycles. The van der Waals surface area contributed by atoms with E-state index in [1.165, 1.54) is 0 Å². The van der Waals surface area contributed by atoms with E-state index in [2.05, 4.69) is 24.8 Å². The van der Waals surface area contributed by atoms with Crippen LogP contribution in [0.3, 0.4) is 0 Å². The number of aromatic amines is 1. The molecule has 3 rings (SSSR count). The van der Waals surface area contributed by atoms with Crippen LogP contribution in [-0.2, 0) is 15.6 Å². The number of aryl methyl sites for hydroxylation is 2. The zero-order chi connectivity index (χ0) is 19.6. The molecule has 142 valence electrons. The molecule has 2 aliphatic heterocycles. The summed E-state index contributed by atoms with van der Waals surface area (Å²) in [5.74, 6) is 0.219. The Morgan fingerprint density at radius 2 is 1.96 bits per heavy atom. The van der Waals surface area contributed by atoms with Crippen LogP contribution in [0.1, 0.15) is 11.1 Å². The van der Waals surface area contributed by atoms with Gasteiger partial charge in [-0.1, -0.05) is 0 Å². The fraction of sp³-hybridized carbons (Fsp3) is 0.375. The van der Waals surface area contributed by atoms with Gasteiger partial charge < -0.3 is 9.88 Å². The lowest BCUT2D eigenvalue weighted by atomic mass is 10.1. The number of fused-ring (bicyclic) bond motifs is 2. The van der Waals surface area contributed by atoms with Gasteiger partial charge in [-0.25, -0.2) is 9.78 Å². The topological polar surface area (TPSA) is 139 Å². The Kier molecular flexibility index (Phi) is 5.71. The lowest BCUT2D eigenvalue weighted by Gasteiger charge is -2.17. The van der Waals surface area contributed by atoms with Crippen LogP contribution in [0.2, 0.25) is 0 Å². The van der Waals surface area contributed by atoms with Gasteiger partial charge in [-0.2, -0.15) is 4.98 Å². The predicted molar refractivity (Wildman–Crippen MR) is 99.2 cm³/mol. The first kappa shape index (κ1) is 19.2. The molecule has 0 saturated carbocycles. The maximum absolute atomic E-state index is 12.2. The van der Waals surface area contributed by atoms with Gasteiger partial charge in [0.25, 0.3) is 5.56 Å². The van der Waals surface area contributed by atoms with Crippen molar-refractivity contribution in [3.8, 4) is 11.5 Å². The van der Waals surface area contributed by atoms with Gasteiger partial charge in [-0.3, -0.25) is 9.78 Å². The molecule has 1 atom stereocenters. The lowest BCUT2D eigenvalue weighted by molar-refractivity contribution is 0.280. The molecule has 1 aromatic carbocycles. The van der Waals surface area contributed by atoms with Crippen LogP contribution < -0.4 is 16.6 Å². The molecule has 1 unspecified atom stereocenters. The van der Waals surface area contributed by atoms with Crippen molar-refractivity contribution in [1.29, 1.82) is 0 Å². The van der Waals surface area contributed by atoms with E-state index in [1.54, 1.807) is 4.57 Å². The number of H-pyrrole nitrogens is 1. The van der Waals surface area contributed by atoms with E-state index in [9.17, 15) is 14.2 Å².